The predicted octanol–water partition coefficient (Wildman–Crippen LogP) is 4.63. The highest BCUT2D eigenvalue weighted by Crippen LogP contribution is 2.38. The number of thioether (sulfide) groups is 1. The van der Waals surface area contributed by atoms with Gasteiger partial charge in [-0.3, -0.25) is 24.6 Å². The number of nitrogens with zero attached hydrogens (tertiary/aromatic N) is 2. The van der Waals surface area contributed by atoms with Crippen LogP contribution in [0.3, 0.4) is 0 Å². The first-order valence-electron chi connectivity index (χ1n) is 9.32. The molecule has 0 radical (unpaired) electrons. The Labute approximate surface area is 196 Å². The van der Waals surface area contributed by atoms with Gasteiger partial charge in [0.05, 0.1) is 30.1 Å². The van der Waals surface area contributed by atoms with E-state index in [4.69, 9.17) is 14.2 Å². The smallest absolute Gasteiger partial charge is 0.293 e. The standard InChI is InChI=1S/C21H19BrN2O7S/c1-29-8-7-23-20(25)19(32-21(23)26)10-14-9-17(30-2)18(11-16(14)22)31-12-13-3-5-15(6-4-13)24(27)28/h3-6,9-11H,7-8,12H2,1-2H3/b19-10+. The summed E-state index contributed by atoms with van der Waals surface area (Å²) in [6, 6.07) is 9.45. The third kappa shape index (κ3) is 5.47. The summed E-state index contributed by atoms with van der Waals surface area (Å²) in [5.74, 6) is 0.504. The molecule has 2 aromatic carbocycles. The van der Waals surface area contributed by atoms with Crippen LogP contribution in [0.25, 0.3) is 6.08 Å². The summed E-state index contributed by atoms with van der Waals surface area (Å²) in [5.41, 5.74) is 1.40. The monoisotopic (exact) mass is 522 g/mol. The third-order valence-electron chi connectivity index (χ3n) is 4.50. The predicted molar refractivity (Wildman–Crippen MR) is 123 cm³/mol. The van der Waals surface area contributed by atoms with Gasteiger partial charge in [-0.05, 0) is 53.2 Å². The number of non-ortho nitro benzene ring substituents is 1. The van der Waals surface area contributed by atoms with Crippen LogP contribution in [-0.2, 0) is 16.1 Å². The summed E-state index contributed by atoms with van der Waals surface area (Å²) < 4.78 is 16.8. The molecular weight excluding hydrogens is 504 g/mol. The quantitative estimate of drug-likeness (QED) is 0.266. The van der Waals surface area contributed by atoms with E-state index in [2.05, 4.69) is 15.9 Å². The zero-order valence-corrected chi connectivity index (χ0v) is 19.6. The molecule has 11 heteroatoms. The number of hydrogen-bond acceptors (Lipinski definition) is 8. The number of hydrogen-bond donors (Lipinski definition) is 0. The molecule has 1 saturated heterocycles. The molecule has 1 heterocycles. The van der Waals surface area contributed by atoms with Crippen molar-refractivity contribution < 1.29 is 28.7 Å². The largest absolute Gasteiger partial charge is 0.493 e. The summed E-state index contributed by atoms with van der Waals surface area (Å²) in [7, 11) is 2.99. The normalized spacial score (nSPS) is 14.8. The van der Waals surface area contributed by atoms with Crippen LogP contribution < -0.4 is 9.47 Å². The van der Waals surface area contributed by atoms with Gasteiger partial charge in [-0.2, -0.15) is 0 Å². The van der Waals surface area contributed by atoms with Crippen molar-refractivity contribution in [1.82, 2.24) is 4.90 Å². The number of imide groups is 1. The van der Waals surface area contributed by atoms with Crippen LogP contribution in [0.1, 0.15) is 11.1 Å². The van der Waals surface area contributed by atoms with Crippen molar-refractivity contribution in [3.63, 3.8) is 0 Å². The minimum Gasteiger partial charge on any atom is -0.493 e. The number of methoxy groups -OCH3 is 2. The Balaban J connectivity index is 1.77. The van der Waals surface area contributed by atoms with Crippen LogP contribution in [0.4, 0.5) is 10.5 Å². The molecule has 2 aromatic rings. The van der Waals surface area contributed by atoms with E-state index in [1.165, 1.54) is 26.4 Å². The summed E-state index contributed by atoms with van der Waals surface area (Å²) in [5, 5.41) is 10.4. The van der Waals surface area contributed by atoms with Crippen LogP contribution in [0, 0.1) is 10.1 Å². The number of carbonyl (C=O) groups is 2. The molecule has 1 aliphatic rings. The summed E-state index contributed by atoms with van der Waals surface area (Å²) >= 11 is 4.33. The highest BCUT2D eigenvalue weighted by Gasteiger charge is 2.34. The van der Waals surface area contributed by atoms with E-state index in [0.717, 1.165) is 22.2 Å². The van der Waals surface area contributed by atoms with Crippen molar-refractivity contribution in [2.75, 3.05) is 27.4 Å². The molecular formula is C21H19BrN2O7S. The average Bonchev–Trinajstić information content (AvgIpc) is 3.04. The Bertz CT molecular complexity index is 1070. The Morgan fingerprint density at radius 1 is 1.16 bits per heavy atom. The Morgan fingerprint density at radius 3 is 2.50 bits per heavy atom. The van der Waals surface area contributed by atoms with Gasteiger partial charge in [0.1, 0.15) is 6.61 Å². The number of benzene rings is 2. The lowest BCUT2D eigenvalue weighted by Crippen LogP contribution is -2.31. The second-order valence-corrected chi connectivity index (χ2v) is 8.41. The fourth-order valence-corrected chi connectivity index (χ4v) is 4.12. The summed E-state index contributed by atoms with van der Waals surface area (Å²) in [6.45, 7) is 0.639. The van der Waals surface area contributed by atoms with Crippen molar-refractivity contribution in [3.8, 4) is 11.5 Å². The summed E-state index contributed by atoms with van der Waals surface area (Å²) in [6.07, 6.45) is 1.62. The maximum absolute atomic E-state index is 12.5. The molecule has 0 bridgehead atoms. The molecule has 168 valence electrons. The first kappa shape index (κ1) is 23.8. The molecule has 9 nitrogen and oxygen atoms in total. The Kier molecular flexibility index (Phi) is 7.89. The molecule has 1 aliphatic heterocycles. The lowest BCUT2D eigenvalue weighted by Gasteiger charge is -2.13. The first-order chi connectivity index (χ1) is 15.3. The molecule has 0 atom stereocenters. The minimum absolute atomic E-state index is 0.00469. The number of ether oxygens (including phenoxy) is 3. The van der Waals surface area contributed by atoms with E-state index in [9.17, 15) is 19.7 Å². The lowest BCUT2D eigenvalue weighted by atomic mass is 10.1. The zero-order valence-electron chi connectivity index (χ0n) is 17.2. The van der Waals surface area contributed by atoms with E-state index < -0.39 is 4.92 Å². The molecule has 3 rings (SSSR count). The first-order valence-corrected chi connectivity index (χ1v) is 10.9. The number of nitro benzene ring substituents is 1. The number of rotatable bonds is 9. The van der Waals surface area contributed by atoms with Crippen LogP contribution in [-0.4, -0.2) is 48.3 Å². The molecule has 2 amide bonds. The van der Waals surface area contributed by atoms with E-state index >= 15 is 0 Å². The second-order valence-electron chi connectivity index (χ2n) is 6.56. The molecule has 0 saturated carbocycles. The van der Waals surface area contributed by atoms with Crippen molar-refractivity contribution in [2.24, 2.45) is 0 Å². The Hall–Kier alpha value is -2.89. The summed E-state index contributed by atoms with van der Waals surface area (Å²) in [4.78, 5) is 36.4. The van der Waals surface area contributed by atoms with Crippen LogP contribution in [0.5, 0.6) is 11.5 Å². The zero-order chi connectivity index (χ0) is 23.3. The maximum atomic E-state index is 12.5. The fourth-order valence-electron chi connectivity index (χ4n) is 2.83. The SMILES string of the molecule is COCCN1C(=O)S/C(=C/c2cc(OC)c(OCc3ccc([N+](=O)[O-])cc3)cc2Br)C1=O. The molecule has 32 heavy (non-hydrogen) atoms. The van der Waals surface area contributed by atoms with Gasteiger partial charge in [-0.25, -0.2) is 0 Å². The molecule has 0 aromatic heterocycles. The fraction of sp³-hybridized carbons (Fsp3) is 0.238. The third-order valence-corrected chi connectivity index (χ3v) is 6.10. The van der Waals surface area contributed by atoms with Gasteiger partial charge < -0.3 is 14.2 Å². The minimum atomic E-state index is -0.463. The molecule has 1 fully saturated rings. The number of carbonyl (C=O) groups excluding carboxylic acids is 2. The van der Waals surface area contributed by atoms with Gasteiger partial charge in [0.15, 0.2) is 11.5 Å². The number of nitro groups is 1. The van der Waals surface area contributed by atoms with Crippen molar-refractivity contribution in [3.05, 3.63) is 67.0 Å². The van der Waals surface area contributed by atoms with Gasteiger partial charge in [0.25, 0.3) is 16.8 Å². The van der Waals surface area contributed by atoms with E-state index in [0.29, 0.717) is 26.4 Å². The van der Waals surface area contributed by atoms with E-state index in [1.54, 1.807) is 30.3 Å². The van der Waals surface area contributed by atoms with Crippen molar-refractivity contribution in [1.29, 1.82) is 0 Å². The average molecular weight is 523 g/mol. The van der Waals surface area contributed by atoms with Crippen LogP contribution in [0.15, 0.2) is 45.8 Å². The maximum Gasteiger partial charge on any atom is 0.293 e. The molecule has 0 N–H and O–H groups in total. The topological polar surface area (TPSA) is 108 Å². The van der Waals surface area contributed by atoms with E-state index in [1.807, 2.05) is 0 Å². The number of amides is 2. The van der Waals surface area contributed by atoms with E-state index in [-0.39, 0.29) is 36.6 Å². The van der Waals surface area contributed by atoms with Crippen molar-refractivity contribution >= 4 is 50.6 Å². The lowest BCUT2D eigenvalue weighted by molar-refractivity contribution is -0.384. The van der Waals surface area contributed by atoms with Gasteiger partial charge in [-0.1, -0.05) is 15.9 Å². The molecule has 0 unspecified atom stereocenters. The van der Waals surface area contributed by atoms with Gasteiger partial charge in [-0.15, -0.1) is 0 Å². The van der Waals surface area contributed by atoms with Crippen LogP contribution >= 0.6 is 27.7 Å². The second kappa shape index (κ2) is 10.6. The molecule has 0 spiro atoms. The molecule has 0 aliphatic carbocycles. The Morgan fingerprint density at radius 2 is 1.88 bits per heavy atom. The number of halogens is 1. The highest BCUT2D eigenvalue weighted by molar-refractivity contribution is 9.10. The van der Waals surface area contributed by atoms with Gasteiger partial charge in [0.2, 0.25) is 0 Å². The van der Waals surface area contributed by atoms with Crippen molar-refractivity contribution in [2.45, 2.75) is 6.61 Å². The highest BCUT2D eigenvalue weighted by atomic mass is 79.9. The van der Waals surface area contributed by atoms with Gasteiger partial charge >= 0.3 is 0 Å². The van der Waals surface area contributed by atoms with Gasteiger partial charge in [0, 0.05) is 23.7 Å². The van der Waals surface area contributed by atoms with Crippen LogP contribution in [0.2, 0.25) is 0 Å².